The Morgan fingerprint density at radius 2 is 1.85 bits per heavy atom. The van der Waals surface area contributed by atoms with Crippen LogP contribution >= 0.6 is 12.8 Å². The van der Waals surface area contributed by atoms with E-state index in [2.05, 4.69) is 38.6 Å². The normalized spacial score (nSPS) is 14.1. The van der Waals surface area contributed by atoms with Gasteiger partial charge >= 0.3 is 0 Å². The van der Waals surface area contributed by atoms with Crippen molar-refractivity contribution in [1.29, 1.82) is 0 Å². The summed E-state index contributed by atoms with van der Waals surface area (Å²) in [5.41, 5.74) is 0. The van der Waals surface area contributed by atoms with Crippen molar-refractivity contribution in [3.05, 3.63) is 0 Å². The van der Waals surface area contributed by atoms with Crippen molar-refractivity contribution in [1.82, 2.24) is 9.21 Å². The maximum Gasteiger partial charge on any atom is 0.00986 e. The van der Waals surface area contributed by atoms with Gasteiger partial charge in [0, 0.05) is 12.6 Å². The summed E-state index contributed by atoms with van der Waals surface area (Å²) in [6, 6.07) is 0.668. The fraction of sp³-hybridized carbons (Fsp3) is 1.00. The van der Waals surface area contributed by atoms with Crippen LogP contribution < -0.4 is 0 Å². The fourth-order valence-electron chi connectivity index (χ4n) is 1.22. The van der Waals surface area contributed by atoms with Crippen LogP contribution in [0.2, 0.25) is 0 Å². The molecule has 0 saturated carbocycles. The second kappa shape index (κ2) is 7.65. The molecule has 0 N–H and O–H groups in total. The van der Waals surface area contributed by atoms with E-state index in [1.165, 1.54) is 25.8 Å². The lowest BCUT2D eigenvalue weighted by Gasteiger charge is -2.25. The lowest BCUT2D eigenvalue weighted by Crippen LogP contribution is -2.32. The van der Waals surface area contributed by atoms with Crippen LogP contribution in [0, 0.1) is 0 Å². The Balaban J connectivity index is 3.50. The highest BCUT2D eigenvalue weighted by Crippen LogP contribution is 2.04. The van der Waals surface area contributed by atoms with Crippen LogP contribution in [-0.2, 0) is 0 Å². The highest BCUT2D eigenvalue weighted by Gasteiger charge is 2.08. The highest BCUT2D eigenvalue weighted by molar-refractivity contribution is 7.77. The number of unbranched alkanes of at least 4 members (excludes halogenated alkanes) is 1. The Morgan fingerprint density at radius 3 is 2.31 bits per heavy atom. The van der Waals surface area contributed by atoms with E-state index in [0.29, 0.717) is 6.04 Å². The van der Waals surface area contributed by atoms with Gasteiger partial charge in [-0.15, -0.1) is 0 Å². The van der Waals surface area contributed by atoms with Gasteiger partial charge in [-0.25, -0.2) is 0 Å². The van der Waals surface area contributed by atoms with Crippen LogP contribution in [0.1, 0.15) is 33.1 Å². The zero-order valence-corrected chi connectivity index (χ0v) is 10.3. The Bertz CT molecular complexity index is 117. The van der Waals surface area contributed by atoms with Crippen molar-refractivity contribution in [2.75, 3.05) is 27.2 Å². The van der Waals surface area contributed by atoms with Gasteiger partial charge in [0.05, 0.1) is 0 Å². The molecule has 0 bridgehead atoms. The molecule has 1 atom stereocenters. The number of thiol groups is 1. The van der Waals surface area contributed by atoms with Gasteiger partial charge in [-0.05, 0) is 40.4 Å². The van der Waals surface area contributed by atoms with E-state index in [-0.39, 0.29) is 0 Å². The van der Waals surface area contributed by atoms with Crippen LogP contribution in [0.3, 0.4) is 0 Å². The van der Waals surface area contributed by atoms with Gasteiger partial charge in [0.25, 0.3) is 0 Å². The third-order valence-electron chi connectivity index (χ3n) is 2.49. The maximum atomic E-state index is 4.23. The first-order valence-electron chi connectivity index (χ1n) is 5.18. The molecule has 0 aromatic carbocycles. The molecule has 0 aliphatic carbocycles. The molecule has 13 heavy (non-hydrogen) atoms. The standard InChI is InChI=1S/C10H24N2S/c1-5-6-8-11(3)10(2)7-9-12(4)13/h10,13H,5-9H2,1-4H3. The maximum absolute atomic E-state index is 4.23. The topological polar surface area (TPSA) is 6.48 Å². The minimum atomic E-state index is 0.668. The van der Waals surface area contributed by atoms with Crippen molar-refractivity contribution in [3.63, 3.8) is 0 Å². The second-order valence-electron chi connectivity index (χ2n) is 3.85. The summed E-state index contributed by atoms with van der Waals surface area (Å²) in [4.78, 5) is 2.43. The Morgan fingerprint density at radius 1 is 1.23 bits per heavy atom. The van der Waals surface area contributed by atoms with Crippen molar-refractivity contribution in [3.8, 4) is 0 Å². The lowest BCUT2D eigenvalue weighted by atomic mass is 10.2. The van der Waals surface area contributed by atoms with Crippen molar-refractivity contribution >= 4 is 12.8 Å². The summed E-state index contributed by atoms with van der Waals surface area (Å²) >= 11 is 4.23. The summed E-state index contributed by atoms with van der Waals surface area (Å²) in [6.45, 7) is 6.79. The Hall–Kier alpha value is 0.270. The van der Waals surface area contributed by atoms with Crippen LogP contribution in [0.4, 0.5) is 0 Å². The fourth-order valence-corrected chi connectivity index (χ4v) is 1.34. The predicted octanol–water partition coefficient (Wildman–Crippen LogP) is 2.27. The molecule has 80 valence electrons. The molecule has 0 fully saturated rings. The molecule has 0 aromatic heterocycles. The molecule has 0 spiro atoms. The summed E-state index contributed by atoms with van der Waals surface area (Å²) in [6.07, 6.45) is 3.78. The van der Waals surface area contributed by atoms with Crippen molar-refractivity contribution in [2.24, 2.45) is 0 Å². The zero-order chi connectivity index (χ0) is 10.3. The van der Waals surface area contributed by atoms with E-state index >= 15 is 0 Å². The Kier molecular flexibility index (Phi) is 7.81. The predicted molar refractivity (Wildman–Crippen MR) is 63.2 cm³/mol. The van der Waals surface area contributed by atoms with Crippen molar-refractivity contribution < 1.29 is 0 Å². The molecule has 0 amide bonds. The molecule has 3 heteroatoms. The van der Waals surface area contributed by atoms with E-state index in [1.807, 2.05) is 11.4 Å². The van der Waals surface area contributed by atoms with Crippen LogP contribution in [0.25, 0.3) is 0 Å². The first-order chi connectivity index (χ1) is 6.07. The quantitative estimate of drug-likeness (QED) is 0.636. The molecule has 0 aliphatic rings. The minimum absolute atomic E-state index is 0.668. The zero-order valence-electron chi connectivity index (χ0n) is 9.45. The summed E-state index contributed by atoms with van der Waals surface area (Å²) in [5, 5.41) is 0. The van der Waals surface area contributed by atoms with Crippen LogP contribution in [-0.4, -0.2) is 42.4 Å². The summed E-state index contributed by atoms with van der Waals surface area (Å²) in [5.74, 6) is 0. The largest absolute Gasteiger partial charge is 0.304 e. The third kappa shape index (κ3) is 7.35. The first-order valence-corrected chi connectivity index (χ1v) is 5.58. The van der Waals surface area contributed by atoms with Gasteiger partial charge in [-0.2, -0.15) is 0 Å². The van der Waals surface area contributed by atoms with Gasteiger partial charge in [0.2, 0.25) is 0 Å². The summed E-state index contributed by atoms with van der Waals surface area (Å²) in [7, 11) is 4.21. The molecule has 0 radical (unpaired) electrons. The minimum Gasteiger partial charge on any atom is -0.304 e. The van der Waals surface area contributed by atoms with Gasteiger partial charge in [-0.1, -0.05) is 26.2 Å². The average molecular weight is 204 g/mol. The highest BCUT2D eigenvalue weighted by atomic mass is 32.1. The van der Waals surface area contributed by atoms with Gasteiger partial charge in [0.15, 0.2) is 0 Å². The van der Waals surface area contributed by atoms with Crippen LogP contribution in [0.15, 0.2) is 0 Å². The number of hydrogen-bond acceptors (Lipinski definition) is 3. The number of nitrogens with zero attached hydrogens (tertiary/aromatic N) is 2. The second-order valence-corrected chi connectivity index (χ2v) is 4.54. The smallest absolute Gasteiger partial charge is 0.00986 e. The molecule has 0 rings (SSSR count). The van der Waals surface area contributed by atoms with Gasteiger partial charge in [-0.3, -0.25) is 4.31 Å². The number of hydrogen-bond donors (Lipinski definition) is 1. The average Bonchev–Trinajstić information content (AvgIpc) is 2.10. The molecule has 0 saturated heterocycles. The number of rotatable bonds is 7. The summed E-state index contributed by atoms with van der Waals surface area (Å²) < 4.78 is 1.95. The van der Waals surface area contributed by atoms with E-state index in [0.717, 1.165) is 6.54 Å². The molecule has 0 aromatic rings. The molecular weight excluding hydrogens is 180 g/mol. The van der Waals surface area contributed by atoms with E-state index < -0.39 is 0 Å². The first kappa shape index (κ1) is 13.3. The lowest BCUT2D eigenvalue weighted by molar-refractivity contribution is 0.235. The van der Waals surface area contributed by atoms with E-state index in [9.17, 15) is 0 Å². The van der Waals surface area contributed by atoms with E-state index in [1.54, 1.807) is 0 Å². The Labute approximate surface area is 88.8 Å². The van der Waals surface area contributed by atoms with Gasteiger partial charge < -0.3 is 4.90 Å². The molecule has 1 unspecified atom stereocenters. The van der Waals surface area contributed by atoms with Gasteiger partial charge in [0.1, 0.15) is 0 Å². The SMILES string of the molecule is CCCCN(C)C(C)CCN(C)S. The van der Waals surface area contributed by atoms with E-state index in [4.69, 9.17) is 0 Å². The molecule has 0 aliphatic heterocycles. The molecule has 2 nitrogen and oxygen atoms in total. The van der Waals surface area contributed by atoms with Crippen molar-refractivity contribution in [2.45, 2.75) is 39.2 Å². The molecular formula is C10H24N2S. The van der Waals surface area contributed by atoms with Crippen LogP contribution in [0.5, 0.6) is 0 Å². The monoisotopic (exact) mass is 204 g/mol. The molecule has 0 heterocycles. The third-order valence-corrected chi connectivity index (χ3v) is 2.69.